The molecule has 1 saturated carbocycles. The lowest BCUT2D eigenvalue weighted by molar-refractivity contribution is 0.198. The zero-order valence-electron chi connectivity index (χ0n) is 11.2. The molecule has 1 aliphatic carbocycles. The van der Waals surface area contributed by atoms with Crippen LogP contribution in [-0.2, 0) is 16.6 Å². The van der Waals surface area contributed by atoms with Gasteiger partial charge < -0.3 is 5.32 Å². The van der Waals surface area contributed by atoms with Crippen LogP contribution in [-0.4, -0.2) is 31.9 Å². The number of hydrogen-bond acceptors (Lipinski definition) is 4. The van der Waals surface area contributed by atoms with Crippen molar-refractivity contribution in [2.24, 2.45) is 0 Å². The normalized spacial score (nSPS) is 25.3. The van der Waals surface area contributed by atoms with E-state index in [1.54, 1.807) is 21.7 Å². The van der Waals surface area contributed by atoms with Gasteiger partial charge in [-0.3, -0.25) is 0 Å². The number of thiophene rings is 1. The van der Waals surface area contributed by atoms with Crippen molar-refractivity contribution in [3.05, 3.63) is 16.3 Å². The van der Waals surface area contributed by atoms with Gasteiger partial charge in [0.1, 0.15) is 0 Å². The standard InChI is InChI=1S/C13H20N2O2S2/c1-14-13(6-3-2-4-7-13)10-15-9-11-12(5-8-18-11)19(15,16)17/h5,8,14H,2-4,6-7,9-10H2,1H3. The Labute approximate surface area is 118 Å². The molecule has 1 aliphatic heterocycles. The first-order valence-electron chi connectivity index (χ1n) is 6.83. The Bertz CT molecular complexity index is 559. The molecule has 0 amide bonds. The molecular weight excluding hydrogens is 280 g/mol. The van der Waals surface area contributed by atoms with E-state index in [1.807, 2.05) is 12.4 Å². The molecule has 1 N–H and O–H groups in total. The molecule has 2 heterocycles. The van der Waals surface area contributed by atoms with Gasteiger partial charge in [-0.15, -0.1) is 11.3 Å². The summed E-state index contributed by atoms with van der Waals surface area (Å²) in [7, 11) is -1.28. The van der Waals surface area contributed by atoms with E-state index < -0.39 is 10.0 Å². The lowest BCUT2D eigenvalue weighted by Gasteiger charge is -2.39. The first-order valence-corrected chi connectivity index (χ1v) is 9.15. The number of sulfonamides is 1. The maximum atomic E-state index is 12.5. The van der Waals surface area contributed by atoms with Gasteiger partial charge in [-0.25, -0.2) is 8.42 Å². The zero-order chi connectivity index (χ0) is 13.5. The zero-order valence-corrected chi connectivity index (χ0v) is 12.8. The summed E-state index contributed by atoms with van der Waals surface area (Å²) in [6, 6.07) is 1.74. The molecule has 0 aromatic carbocycles. The molecule has 0 radical (unpaired) electrons. The molecule has 106 valence electrons. The largest absolute Gasteiger partial charge is 0.313 e. The number of fused-ring (bicyclic) bond motifs is 1. The average molecular weight is 300 g/mol. The molecule has 1 fully saturated rings. The number of nitrogens with zero attached hydrogens (tertiary/aromatic N) is 1. The molecule has 6 heteroatoms. The number of nitrogens with one attached hydrogen (secondary N) is 1. The minimum Gasteiger partial charge on any atom is -0.313 e. The highest BCUT2D eigenvalue weighted by Gasteiger charge is 2.41. The summed E-state index contributed by atoms with van der Waals surface area (Å²) < 4.78 is 26.6. The van der Waals surface area contributed by atoms with Crippen molar-refractivity contribution in [1.82, 2.24) is 9.62 Å². The number of hydrogen-bond donors (Lipinski definition) is 1. The van der Waals surface area contributed by atoms with Crippen LogP contribution in [0.3, 0.4) is 0 Å². The minimum absolute atomic E-state index is 0.0283. The van der Waals surface area contributed by atoms with Gasteiger partial charge in [-0.05, 0) is 31.3 Å². The van der Waals surface area contributed by atoms with Crippen molar-refractivity contribution in [3.8, 4) is 0 Å². The fourth-order valence-electron chi connectivity index (χ4n) is 3.25. The Kier molecular flexibility index (Phi) is 3.45. The predicted molar refractivity (Wildman–Crippen MR) is 76.8 cm³/mol. The summed E-state index contributed by atoms with van der Waals surface area (Å²) >= 11 is 1.55. The van der Waals surface area contributed by atoms with Crippen LogP contribution in [0, 0.1) is 0 Å². The van der Waals surface area contributed by atoms with Gasteiger partial charge in [-0.1, -0.05) is 19.3 Å². The van der Waals surface area contributed by atoms with Gasteiger partial charge in [0.15, 0.2) is 0 Å². The van der Waals surface area contributed by atoms with E-state index in [0.717, 1.165) is 17.7 Å². The molecule has 0 atom stereocenters. The van der Waals surface area contributed by atoms with E-state index in [-0.39, 0.29) is 5.54 Å². The molecule has 1 aromatic heterocycles. The van der Waals surface area contributed by atoms with Crippen molar-refractivity contribution in [1.29, 1.82) is 0 Å². The highest BCUT2D eigenvalue weighted by molar-refractivity contribution is 7.89. The van der Waals surface area contributed by atoms with E-state index >= 15 is 0 Å². The Morgan fingerprint density at radius 1 is 1.37 bits per heavy atom. The van der Waals surface area contributed by atoms with Crippen LogP contribution in [0.1, 0.15) is 37.0 Å². The lowest BCUT2D eigenvalue weighted by atomic mass is 9.81. The van der Waals surface area contributed by atoms with Gasteiger partial charge in [0.25, 0.3) is 0 Å². The summed E-state index contributed by atoms with van der Waals surface area (Å²) in [4.78, 5) is 1.52. The third-order valence-corrected chi connectivity index (χ3v) is 7.37. The van der Waals surface area contributed by atoms with Crippen molar-refractivity contribution in [2.45, 2.75) is 49.1 Å². The second kappa shape index (κ2) is 4.84. The lowest BCUT2D eigenvalue weighted by Crippen LogP contribution is -2.53. The molecule has 2 aliphatic rings. The van der Waals surface area contributed by atoms with Crippen LogP contribution in [0.4, 0.5) is 0 Å². The van der Waals surface area contributed by atoms with Crippen LogP contribution in [0.2, 0.25) is 0 Å². The average Bonchev–Trinajstić information content (AvgIpc) is 2.95. The Morgan fingerprint density at radius 3 is 2.74 bits per heavy atom. The van der Waals surface area contributed by atoms with Gasteiger partial charge in [0.2, 0.25) is 10.0 Å². The molecular formula is C13H20N2O2S2. The quantitative estimate of drug-likeness (QED) is 0.931. The Morgan fingerprint density at radius 2 is 2.11 bits per heavy atom. The molecule has 0 spiro atoms. The van der Waals surface area contributed by atoms with E-state index in [4.69, 9.17) is 0 Å². The molecule has 1 aromatic rings. The molecule has 19 heavy (non-hydrogen) atoms. The summed E-state index contributed by atoms with van der Waals surface area (Å²) in [6.07, 6.45) is 5.79. The highest BCUT2D eigenvalue weighted by Crippen LogP contribution is 2.37. The van der Waals surface area contributed by atoms with Crippen LogP contribution >= 0.6 is 11.3 Å². The van der Waals surface area contributed by atoms with E-state index in [0.29, 0.717) is 18.0 Å². The summed E-state index contributed by atoms with van der Waals surface area (Å²) in [5.41, 5.74) is -0.0283. The molecule has 3 rings (SSSR count). The first-order chi connectivity index (χ1) is 9.07. The maximum absolute atomic E-state index is 12.5. The third-order valence-electron chi connectivity index (χ3n) is 4.46. The molecule has 0 unspecified atom stereocenters. The van der Waals surface area contributed by atoms with Gasteiger partial charge in [0, 0.05) is 23.5 Å². The highest BCUT2D eigenvalue weighted by atomic mass is 32.2. The van der Waals surface area contributed by atoms with Gasteiger partial charge in [0.05, 0.1) is 4.90 Å². The van der Waals surface area contributed by atoms with Crippen LogP contribution < -0.4 is 5.32 Å². The number of likely N-dealkylation sites (N-methyl/N-ethyl adjacent to an activating group) is 1. The van der Waals surface area contributed by atoms with E-state index in [2.05, 4.69) is 5.32 Å². The summed E-state index contributed by atoms with van der Waals surface area (Å²) in [5.74, 6) is 0. The fraction of sp³-hybridized carbons (Fsp3) is 0.692. The summed E-state index contributed by atoms with van der Waals surface area (Å²) in [5, 5.41) is 5.27. The van der Waals surface area contributed by atoms with Crippen LogP contribution in [0.25, 0.3) is 0 Å². The van der Waals surface area contributed by atoms with Crippen LogP contribution in [0.5, 0.6) is 0 Å². The molecule has 4 nitrogen and oxygen atoms in total. The SMILES string of the molecule is CNC1(CN2Cc3sccc3S2(=O)=O)CCCCC1. The third kappa shape index (κ3) is 2.24. The van der Waals surface area contributed by atoms with Crippen molar-refractivity contribution >= 4 is 21.4 Å². The van der Waals surface area contributed by atoms with Crippen LogP contribution in [0.15, 0.2) is 16.3 Å². The first kappa shape index (κ1) is 13.5. The summed E-state index contributed by atoms with van der Waals surface area (Å²) in [6.45, 7) is 1.16. The second-order valence-electron chi connectivity index (χ2n) is 5.57. The van der Waals surface area contributed by atoms with Crippen molar-refractivity contribution < 1.29 is 8.42 Å². The smallest absolute Gasteiger partial charge is 0.244 e. The van der Waals surface area contributed by atoms with Gasteiger partial charge in [-0.2, -0.15) is 4.31 Å². The topological polar surface area (TPSA) is 49.4 Å². The van der Waals surface area contributed by atoms with Gasteiger partial charge >= 0.3 is 0 Å². The minimum atomic E-state index is -3.25. The van der Waals surface area contributed by atoms with Crippen molar-refractivity contribution in [2.75, 3.05) is 13.6 Å². The maximum Gasteiger partial charge on any atom is 0.244 e. The Balaban J connectivity index is 1.83. The molecule has 0 bridgehead atoms. The van der Waals surface area contributed by atoms with E-state index in [9.17, 15) is 8.42 Å². The predicted octanol–water partition coefficient (Wildman–Crippen LogP) is 2.17. The second-order valence-corrected chi connectivity index (χ2v) is 8.48. The fourth-order valence-corrected chi connectivity index (χ4v) is 6.25. The van der Waals surface area contributed by atoms with E-state index in [1.165, 1.54) is 19.3 Å². The molecule has 0 saturated heterocycles. The Hall–Kier alpha value is -0.430. The van der Waals surface area contributed by atoms with Crippen molar-refractivity contribution in [3.63, 3.8) is 0 Å². The number of rotatable bonds is 3. The monoisotopic (exact) mass is 300 g/mol.